The van der Waals surface area contributed by atoms with Crippen LogP contribution in [0.15, 0.2) is 114 Å². The highest BCUT2D eigenvalue weighted by Gasteiger charge is 2.21. The number of carbonyl (C=O) groups excluding carboxylic acids is 2. The molecule has 0 bridgehead atoms. The Balaban J connectivity index is 1.36. The predicted molar refractivity (Wildman–Crippen MR) is 173 cm³/mol. The lowest BCUT2D eigenvalue weighted by Gasteiger charge is -2.16. The van der Waals surface area contributed by atoms with Crippen LogP contribution in [0.4, 0.5) is 5.69 Å². The van der Waals surface area contributed by atoms with Gasteiger partial charge in [0.25, 0.3) is 0 Å². The number of ketones is 1. The summed E-state index contributed by atoms with van der Waals surface area (Å²) in [7, 11) is 0. The monoisotopic (exact) mass is 585 g/mol. The summed E-state index contributed by atoms with van der Waals surface area (Å²) in [5.41, 5.74) is 6.02. The van der Waals surface area contributed by atoms with Crippen molar-refractivity contribution in [3.63, 3.8) is 0 Å². The molecule has 42 heavy (non-hydrogen) atoms. The quantitative estimate of drug-likeness (QED) is 0.106. The van der Waals surface area contributed by atoms with E-state index in [-0.39, 0.29) is 11.7 Å². The van der Waals surface area contributed by atoms with E-state index in [1.165, 1.54) is 11.8 Å². The van der Waals surface area contributed by atoms with Crippen molar-refractivity contribution >= 4 is 46.6 Å². The van der Waals surface area contributed by atoms with Gasteiger partial charge >= 0.3 is 0 Å². The van der Waals surface area contributed by atoms with E-state index in [2.05, 4.69) is 11.4 Å². The minimum absolute atomic E-state index is 0.108. The first-order valence-corrected chi connectivity index (χ1v) is 15.1. The number of rotatable bonds is 9. The van der Waals surface area contributed by atoms with Gasteiger partial charge in [-0.25, -0.2) is 4.98 Å². The molecule has 7 heteroatoms. The third-order valence-corrected chi connectivity index (χ3v) is 8.49. The zero-order valence-corrected chi connectivity index (χ0v) is 24.7. The second-order valence-electron chi connectivity index (χ2n) is 9.62. The number of hydrogen-bond acceptors (Lipinski definition) is 6. The summed E-state index contributed by atoms with van der Waals surface area (Å²) in [6.07, 6.45) is 3.34. The van der Waals surface area contributed by atoms with E-state index < -0.39 is 5.25 Å². The van der Waals surface area contributed by atoms with Crippen molar-refractivity contribution < 1.29 is 9.59 Å². The number of nitriles is 1. The second kappa shape index (κ2) is 13.3. The SMILES string of the molecule is Cc1ccc(-c2cc(-c3ccccc3)nc(SC(C)C(=O)Nc3ccc(C(=O)C=Cc4cccs4)cc3)c2C#N)cc1. The second-order valence-corrected chi connectivity index (χ2v) is 11.9. The Morgan fingerprint density at radius 3 is 2.36 bits per heavy atom. The molecule has 5 rings (SSSR count). The molecule has 1 unspecified atom stereocenters. The maximum atomic E-state index is 13.2. The van der Waals surface area contributed by atoms with Crippen LogP contribution in [-0.2, 0) is 4.79 Å². The van der Waals surface area contributed by atoms with Gasteiger partial charge in [0.1, 0.15) is 11.1 Å². The van der Waals surface area contributed by atoms with Crippen LogP contribution in [0, 0.1) is 18.3 Å². The molecular weight excluding hydrogens is 559 g/mol. The number of thioether (sulfide) groups is 1. The number of pyridine rings is 1. The standard InChI is InChI=1S/C35H27N3O2S2/c1-23-10-12-25(13-11-23)30-21-32(26-7-4-3-5-8-26)38-35(31(30)22-36)42-24(2)34(40)37-28-16-14-27(15-17-28)33(39)19-18-29-9-6-20-41-29/h3-21,24H,1-2H3,(H,37,40). The molecule has 0 saturated heterocycles. The lowest BCUT2D eigenvalue weighted by molar-refractivity contribution is -0.115. The molecule has 2 aromatic heterocycles. The first-order chi connectivity index (χ1) is 20.4. The van der Waals surface area contributed by atoms with E-state index in [0.29, 0.717) is 21.8 Å². The number of benzene rings is 3. The molecule has 0 aliphatic rings. The van der Waals surface area contributed by atoms with Gasteiger partial charge in [-0.3, -0.25) is 9.59 Å². The Kier molecular flexibility index (Phi) is 9.08. The Morgan fingerprint density at radius 1 is 0.952 bits per heavy atom. The number of thiophene rings is 1. The number of allylic oxidation sites excluding steroid dienone is 1. The number of nitrogens with zero attached hydrogens (tertiary/aromatic N) is 2. The van der Waals surface area contributed by atoms with Crippen LogP contribution in [0.2, 0.25) is 0 Å². The van der Waals surface area contributed by atoms with Gasteiger partial charge in [-0.1, -0.05) is 78.0 Å². The van der Waals surface area contributed by atoms with E-state index in [1.807, 2.05) is 85.1 Å². The first-order valence-electron chi connectivity index (χ1n) is 13.3. The number of hydrogen-bond donors (Lipinski definition) is 1. The molecule has 0 spiro atoms. The molecule has 206 valence electrons. The Hall–Kier alpha value is -4.77. The van der Waals surface area contributed by atoms with Gasteiger partial charge in [0, 0.05) is 27.3 Å². The third-order valence-electron chi connectivity index (χ3n) is 6.57. The number of carbonyl (C=O) groups is 2. The molecule has 1 N–H and O–H groups in total. The highest BCUT2D eigenvalue weighted by molar-refractivity contribution is 8.00. The van der Waals surface area contributed by atoms with Crippen molar-refractivity contribution in [3.8, 4) is 28.5 Å². The van der Waals surface area contributed by atoms with Gasteiger partial charge in [-0.2, -0.15) is 5.26 Å². The average Bonchev–Trinajstić information content (AvgIpc) is 3.54. The minimum atomic E-state index is -0.545. The van der Waals surface area contributed by atoms with Crippen LogP contribution < -0.4 is 5.32 Å². The van der Waals surface area contributed by atoms with Crippen LogP contribution in [0.25, 0.3) is 28.5 Å². The van der Waals surface area contributed by atoms with Crippen molar-refractivity contribution in [2.24, 2.45) is 0 Å². The lowest BCUT2D eigenvalue weighted by atomic mass is 9.98. The van der Waals surface area contributed by atoms with Gasteiger partial charge in [-0.05, 0) is 73.3 Å². The molecular formula is C35H27N3O2S2. The molecule has 0 radical (unpaired) electrons. The summed E-state index contributed by atoms with van der Waals surface area (Å²) in [4.78, 5) is 31.6. The molecule has 0 aliphatic carbocycles. The number of nitrogens with one attached hydrogen (secondary N) is 1. The van der Waals surface area contributed by atoms with Crippen LogP contribution in [0.5, 0.6) is 0 Å². The number of anilines is 1. The van der Waals surface area contributed by atoms with E-state index in [4.69, 9.17) is 4.98 Å². The zero-order valence-electron chi connectivity index (χ0n) is 23.1. The topological polar surface area (TPSA) is 82.8 Å². The fourth-order valence-corrected chi connectivity index (χ4v) is 5.80. The Morgan fingerprint density at radius 2 is 1.69 bits per heavy atom. The van der Waals surface area contributed by atoms with Crippen molar-refractivity contribution in [1.82, 2.24) is 4.98 Å². The van der Waals surface area contributed by atoms with Crippen LogP contribution >= 0.6 is 23.1 Å². The van der Waals surface area contributed by atoms with E-state index in [9.17, 15) is 14.9 Å². The van der Waals surface area contributed by atoms with Crippen LogP contribution in [0.3, 0.4) is 0 Å². The van der Waals surface area contributed by atoms with E-state index in [0.717, 1.165) is 32.8 Å². The third kappa shape index (κ3) is 6.92. The van der Waals surface area contributed by atoms with Crippen molar-refractivity contribution in [3.05, 3.63) is 130 Å². The van der Waals surface area contributed by atoms with E-state index >= 15 is 0 Å². The molecule has 1 atom stereocenters. The summed E-state index contributed by atoms with van der Waals surface area (Å²) in [5, 5.41) is 15.0. The molecule has 2 heterocycles. The molecule has 0 saturated carbocycles. The average molecular weight is 586 g/mol. The number of aryl methyl sites for hydroxylation is 1. The summed E-state index contributed by atoms with van der Waals surface area (Å²) >= 11 is 2.81. The zero-order chi connectivity index (χ0) is 29.5. The molecule has 0 aliphatic heterocycles. The summed E-state index contributed by atoms with van der Waals surface area (Å²) in [5.74, 6) is -0.340. The van der Waals surface area contributed by atoms with Gasteiger partial charge < -0.3 is 5.32 Å². The van der Waals surface area contributed by atoms with E-state index in [1.54, 1.807) is 54.7 Å². The van der Waals surface area contributed by atoms with Crippen molar-refractivity contribution in [2.75, 3.05) is 5.32 Å². The normalized spacial score (nSPS) is 11.6. The summed E-state index contributed by atoms with van der Waals surface area (Å²) in [6.45, 7) is 3.81. The maximum absolute atomic E-state index is 13.2. The Labute approximate surface area is 253 Å². The molecule has 5 nitrogen and oxygen atoms in total. The summed E-state index contributed by atoms with van der Waals surface area (Å²) in [6, 6.07) is 32.8. The molecule has 5 aromatic rings. The predicted octanol–water partition coefficient (Wildman–Crippen LogP) is 8.67. The molecule has 1 amide bonds. The van der Waals surface area contributed by atoms with Gasteiger partial charge in [0.15, 0.2) is 5.78 Å². The summed E-state index contributed by atoms with van der Waals surface area (Å²) < 4.78 is 0. The minimum Gasteiger partial charge on any atom is -0.325 e. The molecule has 3 aromatic carbocycles. The number of amides is 1. The van der Waals surface area contributed by atoms with Crippen LogP contribution in [0.1, 0.15) is 33.3 Å². The van der Waals surface area contributed by atoms with Crippen molar-refractivity contribution in [2.45, 2.75) is 24.1 Å². The Bertz CT molecular complexity index is 1770. The maximum Gasteiger partial charge on any atom is 0.237 e. The fourth-order valence-electron chi connectivity index (χ4n) is 4.26. The smallest absolute Gasteiger partial charge is 0.237 e. The highest BCUT2D eigenvalue weighted by atomic mass is 32.2. The number of aromatic nitrogens is 1. The van der Waals surface area contributed by atoms with Crippen LogP contribution in [-0.4, -0.2) is 21.9 Å². The van der Waals surface area contributed by atoms with Gasteiger partial charge in [-0.15, -0.1) is 11.3 Å². The van der Waals surface area contributed by atoms with Gasteiger partial charge in [0.2, 0.25) is 5.91 Å². The fraction of sp³-hybridized carbons (Fsp3) is 0.0857. The first kappa shape index (κ1) is 28.7. The highest BCUT2D eigenvalue weighted by Crippen LogP contribution is 2.36. The molecule has 0 fully saturated rings. The van der Waals surface area contributed by atoms with Crippen molar-refractivity contribution in [1.29, 1.82) is 5.26 Å². The van der Waals surface area contributed by atoms with Gasteiger partial charge in [0.05, 0.1) is 16.5 Å². The largest absolute Gasteiger partial charge is 0.325 e. The lowest BCUT2D eigenvalue weighted by Crippen LogP contribution is -2.22.